The number of carbonyl (C=O) groups excluding carboxylic acids is 1. The Balaban J connectivity index is 2.04. The molecular weight excluding hydrogens is 261 g/mol. The number of hydrogen-bond acceptors (Lipinski definition) is 3. The number of esters is 1. The standard InChI is InChI=1S/C12H13Cl2NO2/c1-7(9-4-5-17-12(9)16)15-8-2-3-10(13)11(14)6-8/h2-3,6-7,9,15H,4-5H2,1H3/t7-,9-/m0/s1. The van der Waals surface area contributed by atoms with Crippen LogP contribution in [0.2, 0.25) is 10.0 Å². The first-order valence-corrected chi connectivity index (χ1v) is 6.22. The molecule has 0 bridgehead atoms. The van der Waals surface area contributed by atoms with Crippen molar-refractivity contribution >= 4 is 34.9 Å². The lowest BCUT2D eigenvalue weighted by Gasteiger charge is -2.19. The quantitative estimate of drug-likeness (QED) is 0.859. The van der Waals surface area contributed by atoms with Crippen molar-refractivity contribution in [3.63, 3.8) is 0 Å². The molecule has 0 spiro atoms. The predicted molar refractivity (Wildman–Crippen MR) is 68.6 cm³/mol. The molecule has 1 saturated heterocycles. The number of nitrogens with one attached hydrogen (secondary N) is 1. The molecule has 0 aliphatic carbocycles. The zero-order chi connectivity index (χ0) is 12.4. The Morgan fingerprint density at radius 3 is 2.76 bits per heavy atom. The van der Waals surface area contributed by atoms with Gasteiger partial charge < -0.3 is 10.1 Å². The third-order valence-electron chi connectivity index (χ3n) is 2.89. The highest BCUT2D eigenvalue weighted by molar-refractivity contribution is 6.42. The van der Waals surface area contributed by atoms with Crippen LogP contribution in [0.15, 0.2) is 18.2 Å². The number of ether oxygens (including phenoxy) is 1. The molecule has 0 radical (unpaired) electrons. The number of rotatable bonds is 3. The fraction of sp³-hybridized carbons (Fsp3) is 0.417. The van der Waals surface area contributed by atoms with Crippen LogP contribution < -0.4 is 5.32 Å². The van der Waals surface area contributed by atoms with Gasteiger partial charge in [-0.25, -0.2) is 0 Å². The van der Waals surface area contributed by atoms with Crippen LogP contribution in [-0.2, 0) is 9.53 Å². The number of carbonyl (C=O) groups is 1. The van der Waals surface area contributed by atoms with E-state index in [1.165, 1.54) is 0 Å². The molecule has 2 atom stereocenters. The third kappa shape index (κ3) is 2.85. The Morgan fingerprint density at radius 2 is 2.18 bits per heavy atom. The summed E-state index contributed by atoms with van der Waals surface area (Å²) in [5.74, 6) is -0.227. The van der Waals surface area contributed by atoms with E-state index in [1.807, 2.05) is 13.0 Å². The van der Waals surface area contributed by atoms with Crippen molar-refractivity contribution in [1.29, 1.82) is 0 Å². The Kier molecular flexibility index (Phi) is 3.79. The largest absolute Gasteiger partial charge is 0.465 e. The molecule has 1 N–H and O–H groups in total. The SMILES string of the molecule is C[C@H](Nc1ccc(Cl)c(Cl)c1)[C@@H]1CCOC1=O. The summed E-state index contributed by atoms with van der Waals surface area (Å²) in [6.07, 6.45) is 0.758. The van der Waals surface area contributed by atoms with Crippen LogP contribution in [0.3, 0.4) is 0 Å². The minimum atomic E-state index is -0.134. The first-order valence-electron chi connectivity index (χ1n) is 5.46. The van der Waals surface area contributed by atoms with E-state index in [2.05, 4.69) is 5.32 Å². The van der Waals surface area contributed by atoms with Crippen LogP contribution in [0.5, 0.6) is 0 Å². The summed E-state index contributed by atoms with van der Waals surface area (Å²) in [5, 5.41) is 4.26. The van der Waals surface area contributed by atoms with Gasteiger partial charge in [0.15, 0.2) is 0 Å². The van der Waals surface area contributed by atoms with E-state index >= 15 is 0 Å². The normalized spacial score (nSPS) is 21.1. The molecule has 0 amide bonds. The fourth-order valence-corrected chi connectivity index (χ4v) is 2.21. The van der Waals surface area contributed by atoms with Crippen LogP contribution in [0, 0.1) is 5.92 Å². The Labute approximate surface area is 110 Å². The van der Waals surface area contributed by atoms with Gasteiger partial charge in [0, 0.05) is 11.7 Å². The molecule has 0 aromatic heterocycles. The van der Waals surface area contributed by atoms with Gasteiger partial charge in [-0.15, -0.1) is 0 Å². The predicted octanol–water partition coefficient (Wildman–Crippen LogP) is 3.36. The summed E-state index contributed by atoms with van der Waals surface area (Å²) >= 11 is 11.8. The smallest absolute Gasteiger partial charge is 0.311 e. The average Bonchev–Trinajstić information content (AvgIpc) is 2.70. The summed E-state index contributed by atoms with van der Waals surface area (Å²) in [4.78, 5) is 11.4. The van der Waals surface area contributed by atoms with Gasteiger partial charge in [0.05, 0.1) is 22.6 Å². The van der Waals surface area contributed by atoms with E-state index in [0.717, 1.165) is 12.1 Å². The van der Waals surface area contributed by atoms with E-state index in [9.17, 15) is 4.79 Å². The fourth-order valence-electron chi connectivity index (χ4n) is 1.91. The van der Waals surface area contributed by atoms with E-state index in [-0.39, 0.29) is 17.9 Å². The second kappa shape index (κ2) is 5.15. The molecule has 1 heterocycles. The van der Waals surface area contributed by atoms with Crippen molar-refractivity contribution in [2.75, 3.05) is 11.9 Å². The molecule has 92 valence electrons. The van der Waals surface area contributed by atoms with Crippen LogP contribution in [0.4, 0.5) is 5.69 Å². The van der Waals surface area contributed by atoms with E-state index in [4.69, 9.17) is 27.9 Å². The third-order valence-corrected chi connectivity index (χ3v) is 3.63. The van der Waals surface area contributed by atoms with E-state index in [1.54, 1.807) is 12.1 Å². The molecule has 0 saturated carbocycles. The molecule has 17 heavy (non-hydrogen) atoms. The lowest BCUT2D eigenvalue weighted by molar-refractivity contribution is -0.141. The molecule has 3 nitrogen and oxygen atoms in total. The minimum absolute atomic E-state index is 0.0160. The van der Waals surface area contributed by atoms with Gasteiger partial charge in [0.1, 0.15) is 0 Å². The number of cyclic esters (lactones) is 1. The van der Waals surface area contributed by atoms with Crippen molar-refractivity contribution in [3.8, 4) is 0 Å². The van der Waals surface area contributed by atoms with Gasteiger partial charge in [-0.2, -0.15) is 0 Å². The number of halogens is 2. The highest BCUT2D eigenvalue weighted by atomic mass is 35.5. The summed E-state index contributed by atoms with van der Waals surface area (Å²) < 4.78 is 4.94. The maximum atomic E-state index is 11.4. The Morgan fingerprint density at radius 1 is 1.41 bits per heavy atom. The van der Waals surface area contributed by atoms with Crippen molar-refractivity contribution < 1.29 is 9.53 Å². The van der Waals surface area contributed by atoms with Crippen LogP contribution in [-0.4, -0.2) is 18.6 Å². The van der Waals surface area contributed by atoms with Crippen LogP contribution in [0.25, 0.3) is 0 Å². The van der Waals surface area contributed by atoms with Gasteiger partial charge in [-0.05, 0) is 31.5 Å². The molecular formula is C12H13Cl2NO2. The molecule has 1 aromatic carbocycles. The monoisotopic (exact) mass is 273 g/mol. The molecule has 2 rings (SSSR count). The first-order chi connectivity index (χ1) is 8.08. The van der Waals surface area contributed by atoms with Crippen LogP contribution in [0.1, 0.15) is 13.3 Å². The van der Waals surface area contributed by atoms with Gasteiger partial charge in [0.2, 0.25) is 0 Å². The average molecular weight is 274 g/mol. The van der Waals surface area contributed by atoms with E-state index in [0.29, 0.717) is 16.7 Å². The van der Waals surface area contributed by atoms with Gasteiger partial charge in [-0.1, -0.05) is 23.2 Å². The Bertz CT molecular complexity index is 437. The molecule has 1 fully saturated rings. The van der Waals surface area contributed by atoms with Crippen LogP contribution >= 0.6 is 23.2 Å². The highest BCUT2D eigenvalue weighted by Crippen LogP contribution is 2.27. The lowest BCUT2D eigenvalue weighted by atomic mass is 10.00. The second-order valence-corrected chi connectivity index (χ2v) is 4.94. The molecule has 0 unspecified atom stereocenters. The molecule has 1 aliphatic heterocycles. The minimum Gasteiger partial charge on any atom is -0.465 e. The number of benzene rings is 1. The maximum absolute atomic E-state index is 11.4. The summed E-state index contributed by atoms with van der Waals surface area (Å²) in [6, 6.07) is 5.33. The first kappa shape index (κ1) is 12.5. The molecule has 5 heteroatoms. The highest BCUT2D eigenvalue weighted by Gasteiger charge is 2.31. The van der Waals surface area contributed by atoms with Crippen molar-refractivity contribution in [2.45, 2.75) is 19.4 Å². The number of anilines is 1. The zero-order valence-corrected chi connectivity index (χ0v) is 10.9. The summed E-state index contributed by atoms with van der Waals surface area (Å²) in [5.41, 5.74) is 0.853. The second-order valence-electron chi connectivity index (χ2n) is 4.12. The van der Waals surface area contributed by atoms with Gasteiger partial charge in [-0.3, -0.25) is 4.79 Å². The van der Waals surface area contributed by atoms with Gasteiger partial charge >= 0.3 is 5.97 Å². The molecule has 1 aromatic rings. The molecule has 1 aliphatic rings. The summed E-state index contributed by atoms with van der Waals surface area (Å²) in [7, 11) is 0. The summed E-state index contributed by atoms with van der Waals surface area (Å²) in [6.45, 7) is 2.47. The Hall–Kier alpha value is -0.930. The number of hydrogen-bond donors (Lipinski definition) is 1. The topological polar surface area (TPSA) is 38.3 Å². The maximum Gasteiger partial charge on any atom is 0.311 e. The van der Waals surface area contributed by atoms with E-state index < -0.39 is 0 Å². The lowest BCUT2D eigenvalue weighted by Crippen LogP contribution is -2.29. The van der Waals surface area contributed by atoms with Crippen molar-refractivity contribution in [2.24, 2.45) is 5.92 Å². The van der Waals surface area contributed by atoms with Gasteiger partial charge in [0.25, 0.3) is 0 Å². The zero-order valence-electron chi connectivity index (χ0n) is 9.37. The van der Waals surface area contributed by atoms with Crippen molar-refractivity contribution in [3.05, 3.63) is 28.2 Å². The van der Waals surface area contributed by atoms with Crippen molar-refractivity contribution in [1.82, 2.24) is 0 Å².